The molecule has 4 heteroatoms. The van der Waals surface area contributed by atoms with E-state index in [4.69, 9.17) is 10.8 Å². The average molecular weight is 522 g/mol. The van der Waals surface area contributed by atoms with Gasteiger partial charge in [0.25, 0.3) is 0 Å². The summed E-state index contributed by atoms with van der Waals surface area (Å²) in [4.78, 5) is 0. The van der Waals surface area contributed by atoms with Crippen molar-refractivity contribution in [3.05, 3.63) is 142 Å². The summed E-state index contributed by atoms with van der Waals surface area (Å²) in [6.45, 7) is 8.45. The Kier molecular flexibility index (Phi) is 10.4. The van der Waals surface area contributed by atoms with Crippen LogP contribution in [0.2, 0.25) is 12.6 Å². The molecule has 0 fully saturated rings. The maximum atomic E-state index is 8.99. The highest BCUT2D eigenvalue weighted by Crippen LogP contribution is 2.29. The number of rotatable bonds is 13. The molecule has 0 atom stereocenters. The second-order valence-corrected chi connectivity index (χ2v) is 11.1. The molecule has 200 valence electrons. The molecule has 0 aromatic heterocycles. The Morgan fingerprint density at radius 1 is 0.500 bits per heavy atom. The molecule has 0 aliphatic carbocycles. The molecule has 2 radical (unpaired) electrons. The predicted octanol–water partition coefficient (Wildman–Crippen LogP) is 8.86. The zero-order valence-corrected chi connectivity index (χ0v) is 24.4. The molecule has 2 nitrogen and oxygen atoms in total. The third kappa shape index (κ3) is 7.94. The van der Waals surface area contributed by atoms with Crippen LogP contribution in [0.1, 0.15) is 69.2 Å². The van der Waals surface area contributed by atoms with E-state index in [1.54, 1.807) is 0 Å². The second-order valence-electron chi connectivity index (χ2n) is 11.1. The van der Waals surface area contributed by atoms with Crippen LogP contribution in [-0.2, 0) is 0 Å². The molecule has 0 aliphatic rings. The first-order valence-corrected chi connectivity index (χ1v) is 14.4. The molecule has 40 heavy (non-hydrogen) atoms. The normalized spacial score (nSPS) is 11.1. The van der Waals surface area contributed by atoms with E-state index < -0.39 is 0 Å². The Hall–Kier alpha value is -3.65. The first-order chi connectivity index (χ1) is 19.3. The number of hydrogen-bond acceptors (Lipinski definition) is 2. The molecule has 4 rings (SSSR count). The predicted molar refractivity (Wildman–Crippen MR) is 174 cm³/mol. The maximum Gasteiger partial charge on any atom is 0.172 e. The number of nitrogens with one attached hydrogen (secondary N) is 2. The minimum Gasteiger partial charge on any atom is -0.319 e. The van der Waals surface area contributed by atoms with Crippen molar-refractivity contribution in [1.29, 1.82) is 10.8 Å². The molecule has 0 saturated carbocycles. The smallest absolute Gasteiger partial charge is 0.172 e. The molecule has 0 unspecified atom stereocenters. The lowest BCUT2D eigenvalue weighted by Gasteiger charge is -2.21. The highest BCUT2D eigenvalue weighted by atomic mass is 14.4. The number of benzene rings is 4. The lowest BCUT2D eigenvalue weighted by molar-refractivity contribution is 0.875. The van der Waals surface area contributed by atoms with Crippen LogP contribution in [0.5, 0.6) is 0 Å². The maximum absolute atomic E-state index is 8.99. The lowest BCUT2D eigenvalue weighted by Crippen LogP contribution is -2.20. The van der Waals surface area contributed by atoms with Crippen molar-refractivity contribution >= 4 is 25.8 Å². The van der Waals surface area contributed by atoms with E-state index in [-0.39, 0.29) is 11.8 Å². The fourth-order valence-corrected chi connectivity index (χ4v) is 5.54. The molecule has 2 N–H and O–H groups in total. The molecule has 0 saturated heterocycles. The topological polar surface area (TPSA) is 47.7 Å². The van der Waals surface area contributed by atoms with Crippen molar-refractivity contribution in [2.75, 3.05) is 0 Å². The van der Waals surface area contributed by atoms with Crippen LogP contribution >= 0.6 is 0 Å². The van der Waals surface area contributed by atoms with Gasteiger partial charge in [0.15, 0.2) is 14.6 Å². The van der Waals surface area contributed by atoms with Crippen LogP contribution in [-0.4, -0.2) is 25.8 Å². The Bertz CT molecular complexity index is 1260. The van der Waals surface area contributed by atoms with E-state index in [2.05, 4.69) is 139 Å². The van der Waals surface area contributed by atoms with Crippen molar-refractivity contribution < 1.29 is 0 Å². The van der Waals surface area contributed by atoms with Crippen molar-refractivity contribution in [3.8, 4) is 0 Å². The van der Waals surface area contributed by atoms with E-state index in [1.165, 1.54) is 44.5 Å². The summed E-state index contributed by atoms with van der Waals surface area (Å²) >= 11 is 0. The summed E-state index contributed by atoms with van der Waals surface area (Å²) in [6, 6.07) is 34.2. The summed E-state index contributed by atoms with van der Waals surface area (Å²) in [5.41, 5.74) is 10.9. The van der Waals surface area contributed by atoms with Crippen LogP contribution in [0.3, 0.4) is 0 Å². The number of hydrogen-bond donors (Lipinski definition) is 2. The van der Waals surface area contributed by atoms with Gasteiger partial charge in [-0.15, -0.1) is 0 Å². The van der Waals surface area contributed by atoms with Crippen LogP contribution in [0, 0.1) is 38.5 Å². The number of aryl methyl sites for hydroxylation is 4. The van der Waals surface area contributed by atoms with Gasteiger partial charge in [-0.25, -0.2) is 0 Å². The molecular weight excluding hydrogens is 482 g/mol. The minimum absolute atomic E-state index is 0.0519. The Labute approximate surface area is 242 Å². The summed E-state index contributed by atoms with van der Waals surface area (Å²) in [5, 5.41) is 18.0. The van der Waals surface area contributed by atoms with Crippen molar-refractivity contribution in [3.63, 3.8) is 0 Å². The van der Waals surface area contributed by atoms with Crippen LogP contribution in [0.25, 0.3) is 0 Å². The van der Waals surface area contributed by atoms with Gasteiger partial charge in [0.2, 0.25) is 0 Å². The van der Waals surface area contributed by atoms with Crippen molar-refractivity contribution in [2.24, 2.45) is 0 Å². The van der Waals surface area contributed by atoms with E-state index in [9.17, 15) is 0 Å². The van der Waals surface area contributed by atoms with Gasteiger partial charge in [-0.05, 0) is 61.2 Å². The highest BCUT2D eigenvalue weighted by Gasteiger charge is 2.21. The monoisotopic (exact) mass is 522 g/mol. The summed E-state index contributed by atoms with van der Waals surface area (Å²) in [6.07, 6.45) is 3.74. The van der Waals surface area contributed by atoms with E-state index in [1.807, 2.05) is 0 Å². The SMILES string of the molecule is Cc1cccc(C(C(=N)[B]CCCC[B]C(=N)C(c2cccc(C)c2)c2cccc(C)c2)c2cccc(C)c2)c1. The van der Waals surface area contributed by atoms with E-state index >= 15 is 0 Å². The zero-order chi connectivity index (χ0) is 28.5. The van der Waals surface area contributed by atoms with Crippen molar-refractivity contribution in [2.45, 2.75) is 65.0 Å². The van der Waals surface area contributed by atoms with Gasteiger partial charge in [-0.1, -0.05) is 145 Å². The third-order valence-electron chi connectivity index (χ3n) is 7.51. The molecular formula is C36H40B2N2. The van der Waals surface area contributed by atoms with Gasteiger partial charge < -0.3 is 10.8 Å². The van der Waals surface area contributed by atoms with Gasteiger partial charge >= 0.3 is 0 Å². The molecule has 4 aromatic rings. The summed E-state index contributed by atoms with van der Waals surface area (Å²) in [5.74, 6) is -0.104. The fraction of sp³-hybridized carbons (Fsp3) is 0.278. The zero-order valence-electron chi connectivity index (χ0n) is 24.4. The molecule has 0 amide bonds. The Morgan fingerprint density at radius 2 is 0.775 bits per heavy atom. The van der Waals surface area contributed by atoms with Crippen LogP contribution < -0.4 is 0 Å². The molecule has 0 aliphatic heterocycles. The van der Waals surface area contributed by atoms with E-state index in [0.717, 1.165) is 25.5 Å². The minimum atomic E-state index is -0.0519. The summed E-state index contributed by atoms with van der Waals surface area (Å²) < 4.78 is 0. The lowest BCUT2D eigenvalue weighted by atomic mass is 9.59. The molecule has 4 aromatic carbocycles. The molecule has 0 spiro atoms. The molecule has 0 bridgehead atoms. The standard InChI is InChI=1S/C36H40B2N2/c1-25-11-7-15-29(21-25)33(30-16-8-12-26(2)22-30)35(39)37-19-5-6-20-38-36(40)34(31-17-9-13-27(3)23-31)32-18-10-14-28(4)24-32/h7-18,21-24,33-34,39-40H,5-6,19-20H2,1-4H3. The van der Waals surface area contributed by atoms with Gasteiger partial charge in [-0.2, -0.15) is 0 Å². The summed E-state index contributed by atoms with van der Waals surface area (Å²) in [7, 11) is 4.20. The van der Waals surface area contributed by atoms with Gasteiger partial charge in [-0.3, -0.25) is 0 Å². The Morgan fingerprint density at radius 3 is 1.02 bits per heavy atom. The van der Waals surface area contributed by atoms with Gasteiger partial charge in [0, 0.05) is 11.8 Å². The average Bonchev–Trinajstić information content (AvgIpc) is 2.91. The first-order valence-electron chi connectivity index (χ1n) is 14.4. The van der Waals surface area contributed by atoms with Crippen LogP contribution in [0.4, 0.5) is 0 Å². The van der Waals surface area contributed by atoms with E-state index in [0.29, 0.717) is 11.2 Å². The van der Waals surface area contributed by atoms with Crippen LogP contribution in [0.15, 0.2) is 97.1 Å². The quantitative estimate of drug-likeness (QED) is 0.100. The van der Waals surface area contributed by atoms with Gasteiger partial charge in [0.05, 0.1) is 0 Å². The van der Waals surface area contributed by atoms with Gasteiger partial charge in [0.1, 0.15) is 0 Å². The van der Waals surface area contributed by atoms with Crippen molar-refractivity contribution in [1.82, 2.24) is 0 Å². The largest absolute Gasteiger partial charge is 0.319 e. The second kappa shape index (κ2) is 14.1. The number of unbranched alkanes of at least 4 members (excludes halogenated alkanes) is 1. The fourth-order valence-electron chi connectivity index (χ4n) is 5.54. The first kappa shape index (κ1) is 29.3. The molecule has 0 heterocycles. The Balaban J connectivity index is 1.34. The highest BCUT2D eigenvalue weighted by molar-refractivity contribution is 6.76. The third-order valence-corrected chi connectivity index (χ3v) is 7.51.